The lowest BCUT2D eigenvalue weighted by Crippen LogP contribution is -2.42. The molecule has 0 amide bonds. The molecule has 3 rings (SSSR count). The maximum atomic E-state index is 12.2. The highest BCUT2D eigenvalue weighted by atomic mass is 16.2. The van der Waals surface area contributed by atoms with Crippen LogP contribution in [0.25, 0.3) is 11.0 Å². The molecule has 0 bridgehead atoms. The molecule has 0 aliphatic heterocycles. The largest absolute Gasteiger partial charge is 0.331 e. The first kappa shape index (κ1) is 13.6. The SMILES string of the molecule is Cn1c(=O)c2[nH]c(=O)[nH]c(=O)c2n(CCC2CCC2)c1=O. The lowest BCUT2D eigenvalue weighted by Gasteiger charge is -2.25. The minimum absolute atomic E-state index is 0.0537. The normalized spacial score (nSPS) is 15.3. The Morgan fingerprint density at radius 1 is 1.14 bits per heavy atom. The molecular weight excluding hydrogens is 276 g/mol. The van der Waals surface area contributed by atoms with E-state index in [1.807, 2.05) is 0 Å². The maximum absolute atomic E-state index is 12.2. The molecule has 2 N–H and O–H groups in total. The van der Waals surface area contributed by atoms with E-state index in [9.17, 15) is 19.2 Å². The average molecular weight is 292 g/mol. The van der Waals surface area contributed by atoms with Gasteiger partial charge in [-0.3, -0.25) is 23.7 Å². The molecule has 1 aliphatic rings. The van der Waals surface area contributed by atoms with Gasteiger partial charge in [0.25, 0.3) is 11.1 Å². The first-order valence-electron chi connectivity index (χ1n) is 6.95. The van der Waals surface area contributed by atoms with Crippen molar-refractivity contribution in [2.45, 2.75) is 32.2 Å². The minimum atomic E-state index is -0.756. The van der Waals surface area contributed by atoms with Gasteiger partial charge in [0, 0.05) is 13.6 Å². The molecular formula is C13H16N4O4. The topological polar surface area (TPSA) is 110 Å². The maximum Gasteiger partial charge on any atom is 0.331 e. The van der Waals surface area contributed by atoms with Crippen molar-refractivity contribution in [2.75, 3.05) is 0 Å². The van der Waals surface area contributed by atoms with E-state index >= 15 is 0 Å². The third-order valence-corrected chi connectivity index (χ3v) is 4.21. The van der Waals surface area contributed by atoms with Crippen LogP contribution in [0.2, 0.25) is 0 Å². The summed E-state index contributed by atoms with van der Waals surface area (Å²) in [6.07, 6.45) is 4.24. The van der Waals surface area contributed by atoms with Crippen molar-refractivity contribution in [1.29, 1.82) is 0 Å². The number of aryl methyl sites for hydroxylation is 1. The van der Waals surface area contributed by atoms with Crippen LogP contribution in [0.15, 0.2) is 19.2 Å². The van der Waals surface area contributed by atoms with E-state index in [1.54, 1.807) is 0 Å². The zero-order valence-electron chi connectivity index (χ0n) is 11.6. The minimum Gasteiger partial charge on any atom is -0.301 e. The summed E-state index contributed by atoms with van der Waals surface area (Å²) < 4.78 is 2.20. The number of nitrogens with zero attached hydrogens (tertiary/aromatic N) is 2. The smallest absolute Gasteiger partial charge is 0.301 e. The van der Waals surface area contributed by atoms with Crippen LogP contribution in [-0.2, 0) is 13.6 Å². The van der Waals surface area contributed by atoms with Crippen molar-refractivity contribution in [2.24, 2.45) is 13.0 Å². The van der Waals surface area contributed by atoms with Gasteiger partial charge in [0.05, 0.1) is 0 Å². The number of aromatic nitrogens is 4. The summed E-state index contributed by atoms with van der Waals surface area (Å²) in [5, 5.41) is 0. The van der Waals surface area contributed by atoms with E-state index < -0.39 is 22.5 Å². The molecule has 0 spiro atoms. The van der Waals surface area contributed by atoms with E-state index in [0.29, 0.717) is 12.5 Å². The quantitative estimate of drug-likeness (QED) is 0.777. The molecule has 0 saturated heterocycles. The highest BCUT2D eigenvalue weighted by molar-refractivity contribution is 5.71. The summed E-state index contributed by atoms with van der Waals surface area (Å²) in [6, 6.07) is 0. The first-order valence-corrected chi connectivity index (χ1v) is 6.95. The second kappa shape index (κ2) is 4.87. The van der Waals surface area contributed by atoms with E-state index in [-0.39, 0.29) is 11.0 Å². The van der Waals surface area contributed by atoms with Crippen LogP contribution in [-0.4, -0.2) is 19.1 Å². The van der Waals surface area contributed by atoms with E-state index in [0.717, 1.165) is 23.8 Å². The molecule has 1 fully saturated rings. The zero-order chi connectivity index (χ0) is 15.1. The lowest BCUT2D eigenvalue weighted by molar-refractivity contribution is 0.281. The van der Waals surface area contributed by atoms with Gasteiger partial charge in [0.2, 0.25) is 0 Å². The van der Waals surface area contributed by atoms with Gasteiger partial charge in [-0.25, -0.2) is 9.59 Å². The van der Waals surface area contributed by atoms with Crippen LogP contribution >= 0.6 is 0 Å². The van der Waals surface area contributed by atoms with Crippen molar-refractivity contribution in [3.8, 4) is 0 Å². The van der Waals surface area contributed by atoms with Crippen molar-refractivity contribution in [3.63, 3.8) is 0 Å². The fourth-order valence-electron chi connectivity index (χ4n) is 2.72. The highest BCUT2D eigenvalue weighted by Crippen LogP contribution is 2.29. The Bertz CT molecular complexity index is 926. The Morgan fingerprint density at radius 3 is 2.48 bits per heavy atom. The van der Waals surface area contributed by atoms with Crippen LogP contribution in [0.1, 0.15) is 25.7 Å². The van der Waals surface area contributed by atoms with Crippen LogP contribution in [0.5, 0.6) is 0 Å². The predicted octanol–water partition coefficient (Wildman–Crippen LogP) is -0.733. The van der Waals surface area contributed by atoms with Crippen LogP contribution in [0, 0.1) is 5.92 Å². The number of hydrogen-bond acceptors (Lipinski definition) is 4. The molecule has 0 aromatic carbocycles. The molecule has 1 saturated carbocycles. The molecule has 2 aromatic heterocycles. The average Bonchev–Trinajstić information content (AvgIpc) is 2.38. The van der Waals surface area contributed by atoms with Crippen LogP contribution in [0.3, 0.4) is 0 Å². The lowest BCUT2D eigenvalue weighted by atomic mass is 9.83. The standard InChI is InChI=1S/C13H16N4O4/c1-16-11(19)8-9(10(18)15-12(20)14-8)17(13(16)21)6-5-7-3-2-4-7/h7H,2-6H2,1H3,(H2,14,15,18,20). The monoisotopic (exact) mass is 292 g/mol. The fourth-order valence-corrected chi connectivity index (χ4v) is 2.72. The molecule has 112 valence electrons. The second-order valence-corrected chi connectivity index (χ2v) is 5.52. The summed E-state index contributed by atoms with van der Waals surface area (Å²) >= 11 is 0. The number of H-pyrrole nitrogens is 2. The van der Waals surface area contributed by atoms with Gasteiger partial charge in [0.15, 0.2) is 0 Å². The molecule has 2 aromatic rings. The van der Waals surface area contributed by atoms with Crippen molar-refractivity contribution >= 4 is 11.0 Å². The Morgan fingerprint density at radius 2 is 1.86 bits per heavy atom. The number of rotatable bonds is 3. The van der Waals surface area contributed by atoms with Gasteiger partial charge in [0.1, 0.15) is 11.0 Å². The Kier molecular flexibility index (Phi) is 3.15. The van der Waals surface area contributed by atoms with Gasteiger partial charge in [-0.15, -0.1) is 0 Å². The summed E-state index contributed by atoms with van der Waals surface area (Å²) in [5.41, 5.74) is -2.85. The van der Waals surface area contributed by atoms with Crippen molar-refractivity contribution in [1.82, 2.24) is 19.1 Å². The number of fused-ring (bicyclic) bond motifs is 1. The van der Waals surface area contributed by atoms with E-state index in [1.165, 1.54) is 18.0 Å². The number of nitrogens with one attached hydrogen (secondary N) is 2. The second-order valence-electron chi connectivity index (χ2n) is 5.52. The third kappa shape index (κ3) is 2.16. The summed E-state index contributed by atoms with van der Waals surface area (Å²) in [4.78, 5) is 52.0. The first-order chi connectivity index (χ1) is 9.99. The molecule has 8 nitrogen and oxygen atoms in total. The Labute approximate surface area is 118 Å². The number of hydrogen-bond donors (Lipinski definition) is 2. The summed E-state index contributed by atoms with van der Waals surface area (Å²) in [6.45, 7) is 0.364. The van der Waals surface area contributed by atoms with Crippen LogP contribution in [0.4, 0.5) is 0 Å². The van der Waals surface area contributed by atoms with E-state index in [2.05, 4.69) is 9.97 Å². The molecule has 0 unspecified atom stereocenters. The van der Waals surface area contributed by atoms with Gasteiger partial charge in [-0.2, -0.15) is 0 Å². The Hall–Kier alpha value is -2.38. The van der Waals surface area contributed by atoms with Crippen LogP contribution < -0.4 is 22.5 Å². The molecule has 1 aliphatic carbocycles. The van der Waals surface area contributed by atoms with Gasteiger partial charge >= 0.3 is 11.4 Å². The predicted molar refractivity (Wildman–Crippen MR) is 76.6 cm³/mol. The van der Waals surface area contributed by atoms with E-state index in [4.69, 9.17) is 0 Å². The zero-order valence-corrected chi connectivity index (χ0v) is 11.6. The van der Waals surface area contributed by atoms with Gasteiger partial charge in [-0.1, -0.05) is 19.3 Å². The van der Waals surface area contributed by atoms with Crippen molar-refractivity contribution < 1.29 is 0 Å². The third-order valence-electron chi connectivity index (χ3n) is 4.21. The molecule has 0 radical (unpaired) electrons. The van der Waals surface area contributed by atoms with Gasteiger partial charge < -0.3 is 4.98 Å². The molecule has 21 heavy (non-hydrogen) atoms. The van der Waals surface area contributed by atoms with Gasteiger partial charge in [-0.05, 0) is 12.3 Å². The summed E-state index contributed by atoms with van der Waals surface area (Å²) in [5.74, 6) is 0.561. The fraction of sp³-hybridized carbons (Fsp3) is 0.538. The summed E-state index contributed by atoms with van der Waals surface area (Å²) in [7, 11) is 1.34. The molecule has 0 atom stereocenters. The Balaban J connectivity index is 2.26. The molecule has 2 heterocycles. The highest BCUT2D eigenvalue weighted by Gasteiger charge is 2.20. The molecule has 8 heteroatoms. The number of aromatic amines is 2. The van der Waals surface area contributed by atoms with Crippen molar-refractivity contribution in [3.05, 3.63) is 41.7 Å².